The number of hydrogen-bond donors (Lipinski definition) is 1. The third-order valence-electron chi connectivity index (χ3n) is 5.31. The smallest absolute Gasteiger partial charge is 0.254 e. The van der Waals surface area contributed by atoms with Crippen molar-refractivity contribution < 1.29 is 9.53 Å². The van der Waals surface area contributed by atoms with Crippen LogP contribution in [-0.2, 0) is 0 Å². The Morgan fingerprint density at radius 3 is 2.52 bits per heavy atom. The predicted molar refractivity (Wildman–Crippen MR) is 113 cm³/mol. The van der Waals surface area contributed by atoms with E-state index >= 15 is 0 Å². The highest BCUT2D eigenvalue weighted by Crippen LogP contribution is 2.34. The maximum absolute atomic E-state index is 13.2. The maximum Gasteiger partial charge on any atom is 0.254 e. The Bertz CT molecular complexity index is 993. The molecule has 0 aliphatic carbocycles. The SMILES string of the molecule is CCOc1ccc([C@H]2CCCN2C(=O)c2ccc(-n3nc(C)cc3N)cc2)cc1. The average molecular weight is 390 g/mol. The maximum atomic E-state index is 13.2. The number of rotatable bonds is 5. The Labute approximate surface area is 170 Å². The molecule has 2 heterocycles. The quantitative estimate of drug-likeness (QED) is 0.711. The zero-order valence-electron chi connectivity index (χ0n) is 16.8. The summed E-state index contributed by atoms with van der Waals surface area (Å²) in [5.41, 5.74) is 9.53. The molecular formula is C23H26N4O2. The van der Waals surface area contributed by atoms with Gasteiger partial charge in [0.05, 0.1) is 24.0 Å². The third-order valence-corrected chi connectivity index (χ3v) is 5.31. The highest BCUT2D eigenvalue weighted by molar-refractivity contribution is 5.95. The number of nitrogens with zero attached hydrogens (tertiary/aromatic N) is 3. The first-order valence-corrected chi connectivity index (χ1v) is 10.0. The number of aromatic nitrogens is 2. The standard InChI is InChI=1S/C23H26N4O2/c1-3-29-20-12-8-17(9-13-20)21-5-4-14-26(21)23(28)18-6-10-19(11-7-18)27-22(24)15-16(2)25-27/h6-13,15,21H,3-5,14,24H2,1-2H3/t21-/m1/s1. The average Bonchev–Trinajstić information content (AvgIpc) is 3.35. The van der Waals surface area contributed by atoms with Crippen molar-refractivity contribution in [1.82, 2.24) is 14.7 Å². The largest absolute Gasteiger partial charge is 0.494 e. The van der Waals surface area contributed by atoms with Crippen LogP contribution in [-0.4, -0.2) is 33.7 Å². The number of amides is 1. The summed E-state index contributed by atoms with van der Waals surface area (Å²) in [5.74, 6) is 1.49. The Balaban J connectivity index is 1.53. The van der Waals surface area contributed by atoms with Gasteiger partial charge in [0.2, 0.25) is 0 Å². The van der Waals surface area contributed by atoms with E-state index in [1.54, 1.807) is 4.68 Å². The van der Waals surface area contributed by atoms with Crippen molar-refractivity contribution in [2.24, 2.45) is 0 Å². The minimum atomic E-state index is 0.0533. The second kappa shape index (κ2) is 7.99. The Hall–Kier alpha value is -3.28. The van der Waals surface area contributed by atoms with Crippen LogP contribution < -0.4 is 10.5 Å². The van der Waals surface area contributed by atoms with Crippen molar-refractivity contribution in [3.8, 4) is 11.4 Å². The molecule has 2 aromatic carbocycles. The summed E-state index contributed by atoms with van der Waals surface area (Å²) in [7, 11) is 0. The highest BCUT2D eigenvalue weighted by Gasteiger charge is 2.30. The van der Waals surface area contributed by atoms with Crippen LogP contribution in [0.2, 0.25) is 0 Å². The monoisotopic (exact) mass is 390 g/mol. The van der Waals surface area contributed by atoms with Crippen molar-refractivity contribution in [2.45, 2.75) is 32.7 Å². The van der Waals surface area contributed by atoms with E-state index in [9.17, 15) is 4.79 Å². The number of aryl methyl sites for hydroxylation is 1. The van der Waals surface area contributed by atoms with Crippen LogP contribution in [0, 0.1) is 6.92 Å². The summed E-state index contributed by atoms with van der Waals surface area (Å²) < 4.78 is 7.21. The van der Waals surface area contributed by atoms with Gasteiger partial charge in [-0.15, -0.1) is 0 Å². The van der Waals surface area contributed by atoms with Gasteiger partial charge in [-0.05, 0) is 68.7 Å². The van der Waals surface area contributed by atoms with Gasteiger partial charge in [0.15, 0.2) is 0 Å². The molecule has 0 spiro atoms. The topological polar surface area (TPSA) is 73.4 Å². The Morgan fingerprint density at radius 2 is 1.90 bits per heavy atom. The Kier molecular flexibility index (Phi) is 5.25. The zero-order valence-corrected chi connectivity index (χ0v) is 16.8. The summed E-state index contributed by atoms with van der Waals surface area (Å²) in [6, 6.07) is 17.5. The lowest BCUT2D eigenvalue weighted by atomic mass is 10.0. The number of ether oxygens (including phenoxy) is 1. The molecule has 0 saturated carbocycles. The summed E-state index contributed by atoms with van der Waals surface area (Å²) in [4.78, 5) is 15.1. The van der Waals surface area contributed by atoms with Gasteiger partial charge in [-0.2, -0.15) is 5.10 Å². The number of nitrogens with two attached hydrogens (primary N) is 1. The van der Waals surface area contributed by atoms with E-state index in [0.717, 1.165) is 42.1 Å². The molecule has 6 heteroatoms. The lowest BCUT2D eigenvalue weighted by Crippen LogP contribution is -2.30. The Morgan fingerprint density at radius 1 is 1.17 bits per heavy atom. The number of nitrogen functional groups attached to an aromatic ring is 1. The molecule has 4 rings (SSSR count). The number of carbonyl (C=O) groups is 1. The second-order valence-corrected chi connectivity index (χ2v) is 7.33. The van der Waals surface area contributed by atoms with E-state index in [4.69, 9.17) is 10.5 Å². The van der Waals surface area contributed by atoms with Crippen molar-refractivity contribution in [3.63, 3.8) is 0 Å². The first kappa shape index (κ1) is 19.1. The third kappa shape index (κ3) is 3.83. The van der Waals surface area contributed by atoms with Crippen LogP contribution in [0.3, 0.4) is 0 Å². The molecule has 1 aromatic heterocycles. The molecular weight excluding hydrogens is 364 g/mol. The zero-order chi connectivity index (χ0) is 20.4. The van der Waals surface area contributed by atoms with Crippen LogP contribution in [0.1, 0.15) is 47.4 Å². The summed E-state index contributed by atoms with van der Waals surface area (Å²) in [6.45, 7) is 5.29. The van der Waals surface area contributed by atoms with E-state index in [0.29, 0.717) is 18.0 Å². The molecule has 1 aliphatic heterocycles. The predicted octanol–water partition coefficient (Wildman–Crippen LogP) is 4.14. The molecule has 29 heavy (non-hydrogen) atoms. The number of hydrogen-bond acceptors (Lipinski definition) is 4. The molecule has 0 unspecified atom stereocenters. The van der Waals surface area contributed by atoms with Gasteiger partial charge in [0, 0.05) is 18.2 Å². The van der Waals surface area contributed by atoms with Crippen LogP contribution in [0.5, 0.6) is 5.75 Å². The molecule has 6 nitrogen and oxygen atoms in total. The second-order valence-electron chi connectivity index (χ2n) is 7.33. The van der Waals surface area contributed by atoms with Gasteiger partial charge in [0.1, 0.15) is 11.6 Å². The van der Waals surface area contributed by atoms with Crippen molar-refractivity contribution in [1.29, 1.82) is 0 Å². The van der Waals surface area contributed by atoms with Gasteiger partial charge in [-0.25, -0.2) is 4.68 Å². The fourth-order valence-electron chi connectivity index (χ4n) is 3.95. The van der Waals surface area contributed by atoms with E-state index in [-0.39, 0.29) is 11.9 Å². The van der Waals surface area contributed by atoms with E-state index < -0.39 is 0 Å². The molecule has 1 atom stereocenters. The van der Waals surface area contributed by atoms with E-state index in [2.05, 4.69) is 17.2 Å². The molecule has 1 amide bonds. The molecule has 1 saturated heterocycles. The van der Waals surface area contributed by atoms with Crippen LogP contribution in [0.25, 0.3) is 5.69 Å². The number of anilines is 1. The van der Waals surface area contributed by atoms with Crippen molar-refractivity contribution in [2.75, 3.05) is 18.9 Å². The number of likely N-dealkylation sites (tertiary alicyclic amines) is 1. The molecule has 2 N–H and O–H groups in total. The van der Waals surface area contributed by atoms with Crippen molar-refractivity contribution in [3.05, 3.63) is 71.4 Å². The minimum absolute atomic E-state index is 0.0533. The first-order chi connectivity index (χ1) is 14.1. The van der Waals surface area contributed by atoms with E-state index in [1.807, 2.05) is 61.2 Å². The first-order valence-electron chi connectivity index (χ1n) is 10.0. The van der Waals surface area contributed by atoms with Crippen LogP contribution in [0.4, 0.5) is 5.82 Å². The lowest BCUT2D eigenvalue weighted by molar-refractivity contribution is 0.0735. The fourth-order valence-corrected chi connectivity index (χ4v) is 3.95. The summed E-state index contributed by atoms with van der Waals surface area (Å²) in [6.07, 6.45) is 1.98. The fraction of sp³-hybridized carbons (Fsp3) is 0.304. The highest BCUT2D eigenvalue weighted by atomic mass is 16.5. The van der Waals surface area contributed by atoms with Gasteiger partial charge in [-0.1, -0.05) is 12.1 Å². The number of benzene rings is 2. The lowest BCUT2D eigenvalue weighted by Gasteiger charge is -2.25. The van der Waals surface area contributed by atoms with Crippen LogP contribution in [0.15, 0.2) is 54.6 Å². The molecule has 3 aromatic rings. The molecule has 150 valence electrons. The number of carbonyl (C=O) groups excluding carboxylic acids is 1. The van der Waals surface area contributed by atoms with Gasteiger partial charge in [-0.3, -0.25) is 4.79 Å². The summed E-state index contributed by atoms with van der Waals surface area (Å²) >= 11 is 0. The minimum Gasteiger partial charge on any atom is -0.494 e. The normalized spacial score (nSPS) is 16.2. The molecule has 1 fully saturated rings. The van der Waals surface area contributed by atoms with Gasteiger partial charge in [0.25, 0.3) is 5.91 Å². The molecule has 0 bridgehead atoms. The van der Waals surface area contributed by atoms with Gasteiger partial charge >= 0.3 is 0 Å². The van der Waals surface area contributed by atoms with E-state index in [1.165, 1.54) is 0 Å². The summed E-state index contributed by atoms with van der Waals surface area (Å²) in [5, 5.41) is 4.39. The van der Waals surface area contributed by atoms with Crippen molar-refractivity contribution >= 4 is 11.7 Å². The molecule has 1 aliphatic rings. The van der Waals surface area contributed by atoms with Crippen LogP contribution >= 0.6 is 0 Å². The molecule has 0 radical (unpaired) electrons. The van der Waals surface area contributed by atoms with Gasteiger partial charge < -0.3 is 15.4 Å².